The number of imidazole rings is 1. The number of amidine groups is 1. The number of anilines is 1. The third-order valence-corrected chi connectivity index (χ3v) is 3.25. The molecule has 4 atom stereocenters. The van der Waals surface area contributed by atoms with E-state index in [0.29, 0.717) is 5.82 Å². The van der Waals surface area contributed by atoms with Crippen LogP contribution in [0.1, 0.15) is 11.9 Å². The van der Waals surface area contributed by atoms with Crippen molar-refractivity contribution in [1.29, 1.82) is 5.26 Å². The highest BCUT2D eigenvalue weighted by molar-refractivity contribution is 5.74. The van der Waals surface area contributed by atoms with Crippen LogP contribution < -0.4 is 11.1 Å². The molecule has 0 saturated carbocycles. The van der Waals surface area contributed by atoms with Crippen LogP contribution in [0.2, 0.25) is 0 Å². The number of hydrogen-bond acceptors (Lipinski definition) is 8. The van der Waals surface area contributed by atoms with E-state index >= 15 is 0 Å². The van der Waals surface area contributed by atoms with Gasteiger partial charge in [0.15, 0.2) is 18.0 Å². The Hall–Kier alpha value is -2.35. The molecule has 20 heavy (non-hydrogen) atoms. The first kappa shape index (κ1) is 14.1. The Morgan fingerprint density at radius 2 is 2.40 bits per heavy atom. The summed E-state index contributed by atoms with van der Waals surface area (Å²) >= 11 is 0. The molecule has 0 aliphatic carbocycles. The monoisotopic (exact) mass is 282 g/mol. The molecular formula is C10H14N6O4. The summed E-state index contributed by atoms with van der Waals surface area (Å²) < 4.78 is 6.99. The van der Waals surface area contributed by atoms with Gasteiger partial charge in [0.2, 0.25) is 0 Å². The van der Waals surface area contributed by atoms with E-state index in [2.05, 4.69) is 15.3 Å². The first-order valence-electron chi connectivity index (χ1n) is 5.68. The average Bonchev–Trinajstić information content (AvgIpc) is 2.98. The molecule has 0 saturated heterocycles. The van der Waals surface area contributed by atoms with E-state index in [1.54, 1.807) is 4.57 Å². The second-order valence-electron chi connectivity index (χ2n) is 4.34. The number of aliphatic imine (C=N–C) groups is 1. The topological polar surface area (TPSA) is 173 Å². The van der Waals surface area contributed by atoms with Gasteiger partial charge in [0, 0.05) is 0 Å². The van der Waals surface area contributed by atoms with Gasteiger partial charge in [-0.1, -0.05) is 0 Å². The fourth-order valence-electron chi connectivity index (χ4n) is 2.37. The number of ether oxygens (including phenoxy) is 1. The second-order valence-corrected chi connectivity index (χ2v) is 4.34. The molecule has 0 bridgehead atoms. The minimum Gasteiger partial charge on any atom is -0.455 e. The predicted molar refractivity (Wildman–Crippen MR) is 66.6 cm³/mol. The molecule has 0 amide bonds. The summed E-state index contributed by atoms with van der Waals surface area (Å²) in [5, 5.41) is 30.9. The lowest BCUT2D eigenvalue weighted by Crippen LogP contribution is -2.52. The summed E-state index contributed by atoms with van der Waals surface area (Å²) in [5.74, 6) is 0.434. The Morgan fingerprint density at radius 1 is 1.65 bits per heavy atom. The van der Waals surface area contributed by atoms with E-state index in [-0.39, 0.29) is 17.2 Å². The molecule has 7 N–H and O–H groups in total. The maximum absolute atomic E-state index is 9.85. The van der Waals surface area contributed by atoms with Crippen molar-refractivity contribution < 1.29 is 20.4 Å². The Kier molecular flexibility index (Phi) is 3.49. The number of rotatable bonds is 2. The van der Waals surface area contributed by atoms with Gasteiger partial charge in [-0.15, -0.1) is 0 Å². The quantitative estimate of drug-likeness (QED) is 0.456. The molecule has 1 aromatic rings. The van der Waals surface area contributed by atoms with Gasteiger partial charge in [-0.05, 0) is 0 Å². The molecule has 2 aliphatic heterocycles. The molecule has 10 heteroatoms. The minimum absolute atomic E-state index is 0. The van der Waals surface area contributed by atoms with Crippen LogP contribution >= 0.6 is 0 Å². The molecule has 0 aromatic carbocycles. The van der Waals surface area contributed by atoms with Crippen LogP contribution in [0, 0.1) is 11.3 Å². The minimum atomic E-state index is -1.07. The second kappa shape index (κ2) is 4.97. The van der Waals surface area contributed by atoms with Crippen molar-refractivity contribution >= 4 is 11.8 Å². The summed E-state index contributed by atoms with van der Waals surface area (Å²) in [5.41, 5.74) is 5.74. The van der Waals surface area contributed by atoms with E-state index in [1.165, 1.54) is 6.33 Å². The molecule has 1 aromatic heterocycles. The smallest absolute Gasteiger partial charge is 0.284 e. The summed E-state index contributed by atoms with van der Waals surface area (Å²) in [4.78, 5) is 8.07. The number of aliphatic hydroxyl groups is 2. The van der Waals surface area contributed by atoms with Gasteiger partial charge >= 0.3 is 0 Å². The molecule has 0 unspecified atom stereocenters. The summed E-state index contributed by atoms with van der Waals surface area (Å²) in [6, 6.07) is 1.32. The fraction of sp³-hybridized carbons (Fsp3) is 0.500. The normalized spacial score (nSPS) is 27.9. The van der Waals surface area contributed by atoms with Crippen LogP contribution in [-0.4, -0.2) is 56.1 Å². The average molecular weight is 282 g/mol. The summed E-state index contributed by atoms with van der Waals surface area (Å²) in [6.45, 7) is -0.444. The van der Waals surface area contributed by atoms with Gasteiger partial charge in [-0.3, -0.25) is 4.57 Å². The predicted octanol–water partition coefficient (Wildman–Crippen LogP) is -2.71. The fourth-order valence-corrected chi connectivity index (χ4v) is 2.37. The molecule has 108 valence electrons. The van der Waals surface area contributed by atoms with Crippen molar-refractivity contribution in [1.82, 2.24) is 9.55 Å². The van der Waals surface area contributed by atoms with Crippen LogP contribution in [-0.2, 0) is 4.74 Å². The number of nitrogens with one attached hydrogen (secondary N) is 1. The number of hydrogen-bond donors (Lipinski definition) is 4. The lowest BCUT2D eigenvalue weighted by Gasteiger charge is -2.36. The zero-order valence-electron chi connectivity index (χ0n) is 10.3. The van der Waals surface area contributed by atoms with Crippen LogP contribution in [0.25, 0.3) is 0 Å². The highest BCUT2D eigenvalue weighted by Gasteiger charge is 2.46. The van der Waals surface area contributed by atoms with E-state index in [9.17, 15) is 5.11 Å². The standard InChI is InChI=1S/C10H12N6O3.H2O/c11-1-4-8-14-6(5(18)2-17)7-9(15-10(12)19-7)16(8)3-13-4;/h3,5-7,9,14,17-18H,2H2,(H2,12,15);1H2/t5-,6-,7+,9-;/m0./s1. The largest absolute Gasteiger partial charge is 0.455 e. The molecule has 0 spiro atoms. The van der Waals surface area contributed by atoms with Crippen molar-refractivity contribution in [2.24, 2.45) is 10.7 Å². The van der Waals surface area contributed by atoms with Crippen molar-refractivity contribution in [3.05, 3.63) is 12.0 Å². The first-order valence-corrected chi connectivity index (χ1v) is 5.68. The third kappa shape index (κ3) is 1.85. The van der Waals surface area contributed by atoms with Gasteiger partial charge in [0.05, 0.1) is 19.0 Å². The summed E-state index contributed by atoms with van der Waals surface area (Å²) in [6.07, 6.45) is -0.665. The van der Waals surface area contributed by atoms with Gasteiger partial charge in [0.1, 0.15) is 18.0 Å². The van der Waals surface area contributed by atoms with Gasteiger partial charge < -0.3 is 31.5 Å². The van der Waals surface area contributed by atoms with E-state index in [1.807, 2.05) is 6.07 Å². The number of nitriles is 1. The molecular weight excluding hydrogens is 268 g/mol. The number of nitrogens with two attached hydrogens (primary N) is 1. The maximum Gasteiger partial charge on any atom is 0.284 e. The third-order valence-electron chi connectivity index (χ3n) is 3.25. The highest BCUT2D eigenvalue weighted by atomic mass is 16.5. The molecule has 0 fully saturated rings. The first-order chi connectivity index (χ1) is 9.15. The van der Waals surface area contributed by atoms with Crippen molar-refractivity contribution in [2.75, 3.05) is 11.9 Å². The molecule has 2 aliphatic rings. The van der Waals surface area contributed by atoms with E-state index in [4.69, 9.17) is 20.8 Å². The zero-order valence-corrected chi connectivity index (χ0v) is 10.3. The Labute approximate surface area is 113 Å². The number of aromatic nitrogens is 2. The van der Waals surface area contributed by atoms with Crippen molar-refractivity contribution in [3.63, 3.8) is 0 Å². The Morgan fingerprint density at radius 3 is 3.05 bits per heavy atom. The van der Waals surface area contributed by atoms with Gasteiger partial charge in [0.25, 0.3) is 6.02 Å². The van der Waals surface area contributed by atoms with Crippen LogP contribution in [0.15, 0.2) is 11.3 Å². The molecule has 3 rings (SSSR count). The SMILES string of the molecule is N#Cc1ncn2c1N[C@@H]([C@@H](O)CO)[C@H]1OC(N)=N[C@H]12.O. The summed E-state index contributed by atoms with van der Waals surface area (Å²) in [7, 11) is 0. The Balaban J connectivity index is 0.00000147. The number of fused-ring (bicyclic) bond motifs is 3. The lowest BCUT2D eigenvalue weighted by atomic mass is 10.0. The van der Waals surface area contributed by atoms with Gasteiger partial charge in [-0.25, -0.2) is 9.98 Å². The van der Waals surface area contributed by atoms with Crippen LogP contribution in [0.5, 0.6) is 0 Å². The van der Waals surface area contributed by atoms with E-state index < -0.39 is 31.0 Å². The van der Waals surface area contributed by atoms with Crippen molar-refractivity contribution in [3.8, 4) is 6.07 Å². The Bertz CT molecular complexity index is 579. The zero-order chi connectivity index (χ0) is 13.6. The highest BCUT2D eigenvalue weighted by Crippen LogP contribution is 2.36. The number of nitrogens with zero attached hydrogens (tertiary/aromatic N) is 4. The maximum atomic E-state index is 9.85. The van der Waals surface area contributed by atoms with E-state index in [0.717, 1.165) is 0 Å². The lowest BCUT2D eigenvalue weighted by molar-refractivity contribution is 0.0208. The number of aliphatic hydroxyl groups excluding tert-OH is 2. The van der Waals surface area contributed by atoms with Crippen LogP contribution in [0.4, 0.5) is 5.82 Å². The molecule has 10 nitrogen and oxygen atoms in total. The van der Waals surface area contributed by atoms with Crippen molar-refractivity contribution in [2.45, 2.75) is 24.4 Å². The van der Waals surface area contributed by atoms with Gasteiger partial charge in [-0.2, -0.15) is 5.26 Å². The molecule has 0 radical (unpaired) electrons. The van der Waals surface area contributed by atoms with Crippen LogP contribution in [0.3, 0.4) is 0 Å². The molecule has 3 heterocycles.